The maximum atomic E-state index is 13.0. The Kier molecular flexibility index (Phi) is 5.91. The minimum absolute atomic E-state index is 0.176. The zero-order valence-corrected chi connectivity index (χ0v) is 17.3. The van der Waals surface area contributed by atoms with Gasteiger partial charge in [0.25, 0.3) is 5.91 Å². The van der Waals surface area contributed by atoms with Crippen LogP contribution < -0.4 is 29.6 Å². The number of nitrogens with one attached hydrogen (secondary N) is 3. The molecule has 1 amide bonds. The number of halogens is 3. The minimum atomic E-state index is -4.68. The highest BCUT2D eigenvalue weighted by Gasteiger charge is 2.37. The first-order valence-corrected chi connectivity index (χ1v) is 10.1. The van der Waals surface area contributed by atoms with E-state index in [4.69, 9.17) is 14.2 Å². The van der Waals surface area contributed by atoms with Gasteiger partial charge in [0.15, 0.2) is 17.7 Å². The van der Waals surface area contributed by atoms with Crippen molar-refractivity contribution in [2.24, 2.45) is 0 Å². The quantitative estimate of drug-likeness (QED) is 0.626. The fraction of sp³-hybridized carbons (Fsp3) is 0.278. The molecule has 13 heteroatoms. The molecule has 0 spiro atoms. The maximum absolute atomic E-state index is 13.0. The van der Waals surface area contributed by atoms with Gasteiger partial charge in [0.05, 0.1) is 32.6 Å². The third-order valence-electron chi connectivity index (χ3n) is 4.36. The number of benzene rings is 2. The van der Waals surface area contributed by atoms with E-state index in [0.717, 1.165) is 6.07 Å². The van der Waals surface area contributed by atoms with Crippen molar-refractivity contribution in [2.75, 3.05) is 32.0 Å². The Hall–Kier alpha value is -3.19. The van der Waals surface area contributed by atoms with Crippen molar-refractivity contribution in [2.45, 2.75) is 17.2 Å². The Morgan fingerprint density at radius 3 is 2.16 bits per heavy atom. The van der Waals surface area contributed by atoms with Crippen molar-refractivity contribution >= 4 is 27.3 Å². The fourth-order valence-corrected chi connectivity index (χ4v) is 4.20. The lowest BCUT2D eigenvalue weighted by Gasteiger charge is -2.28. The molecule has 1 aliphatic heterocycles. The van der Waals surface area contributed by atoms with Crippen LogP contribution in [0.5, 0.6) is 17.2 Å². The van der Waals surface area contributed by atoms with Crippen molar-refractivity contribution in [1.29, 1.82) is 0 Å². The van der Waals surface area contributed by atoms with Crippen LogP contribution in [0.2, 0.25) is 0 Å². The summed E-state index contributed by atoms with van der Waals surface area (Å²) in [4.78, 5) is 12.3. The highest BCUT2D eigenvalue weighted by atomic mass is 32.2. The lowest BCUT2D eigenvalue weighted by Crippen LogP contribution is -2.51. The van der Waals surface area contributed by atoms with Crippen molar-refractivity contribution < 1.29 is 40.6 Å². The maximum Gasteiger partial charge on any atom is 0.416 e. The average Bonchev–Trinajstić information content (AvgIpc) is 2.71. The summed E-state index contributed by atoms with van der Waals surface area (Å²) in [7, 11) is -0.102. The molecular weight excluding hydrogens is 443 g/mol. The number of fused-ring (bicyclic) bond motifs is 1. The lowest BCUT2D eigenvalue weighted by atomic mass is 10.2. The summed E-state index contributed by atoms with van der Waals surface area (Å²) in [5, 5.41) is 4.94. The predicted octanol–water partition coefficient (Wildman–Crippen LogP) is 2.40. The van der Waals surface area contributed by atoms with Crippen LogP contribution in [-0.4, -0.2) is 41.8 Å². The van der Waals surface area contributed by atoms with Crippen LogP contribution in [0, 0.1) is 0 Å². The molecule has 1 atom stereocenters. The largest absolute Gasteiger partial charge is 0.493 e. The van der Waals surface area contributed by atoms with E-state index >= 15 is 0 Å². The number of methoxy groups -OCH3 is 3. The van der Waals surface area contributed by atoms with E-state index in [0.29, 0.717) is 12.1 Å². The van der Waals surface area contributed by atoms with Crippen molar-refractivity contribution in [3.8, 4) is 17.2 Å². The molecule has 2 aromatic carbocycles. The fourth-order valence-electron chi connectivity index (χ4n) is 2.94. The molecule has 0 saturated carbocycles. The van der Waals surface area contributed by atoms with E-state index in [1.165, 1.54) is 33.5 Å². The summed E-state index contributed by atoms with van der Waals surface area (Å²) >= 11 is 0. The topological polar surface area (TPSA) is 115 Å². The van der Waals surface area contributed by atoms with Gasteiger partial charge >= 0.3 is 6.18 Å². The number of rotatable bonds is 5. The van der Waals surface area contributed by atoms with Gasteiger partial charge in [-0.3, -0.25) is 4.79 Å². The summed E-state index contributed by atoms with van der Waals surface area (Å²) in [5.74, 6) is -0.141. The SMILES string of the molecule is COc1cc(NC(=O)C2Nc3cc(C(F)(F)F)ccc3S(=O)(=O)N2)cc(OC)c1OC. The highest BCUT2D eigenvalue weighted by molar-refractivity contribution is 7.89. The van der Waals surface area contributed by atoms with Crippen LogP contribution in [-0.2, 0) is 21.0 Å². The molecule has 1 heterocycles. The number of hydrogen-bond acceptors (Lipinski definition) is 7. The number of alkyl halides is 3. The number of hydrogen-bond donors (Lipinski definition) is 3. The molecule has 0 radical (unpaired) electrons. The first kappa shape index (κ1) is 22.5. The van der Waals surface area contributed by atoms with Gasteiger partial charge in [0, 0.05) is 17.8 Å². The first-order chi connectivity index (χ1) is 14.5. The molecule has 0 fully saturated rings. The third-order valence-corrected chi connectivity index (χ3v) is 5.84. The second kappa shape index (κ2) is 8.15. The van der Waals surface area contributed by atoms with E-state index < -0.39 is 38.7 Å². The summed E-state index contributed by atoms with van der Waals surface area (Å²) in [6.45, 7) is 0. The number of ether oxygens (including phenoxy) is 3. The minimum Gasteiger partial charge on any atom is -0.493 e. The molecule has 9 nitrogen and oxygen atoms in total. The first-order valence-electron chi connectivity index (χ1n) is 8.61. The van der Waals surface area contributed by atoms with Gasteiger partial charge in [-0.1, -0.05) is 0 Å². The second-order valence-corrected chi connectivity index (χ2v) is 7.99. The number of sulfonamides is 1. The average molecular weight is 461 g/mol. The van der Waals surface area contributed by atoms with E-state index in [2.05, 4.69) is 15.4 Å². The molecule has 31 heavy (non-hydrogen) atoms. The Labute approximate surface area is 175 Å². The standard InChI is InChI=1S/C18H18F3N3O6S/c1-28-12-7-10(8-13(29-2)15(12)30-3)22-17(25)16-23-11-6-9(18(19,20)21)4-5-14(11)31(26,27)24-16/h4-8,16,23-24H,1-3H3,(H,22,25). The highest BCUT2D eigenvalue weighted by Crippen LogP contribution is 2.40. The van der Waals surface area contributed by atoms with Crippen LogP contribution in [0.4, 0.5) is 24.5 Å². The van der Waals surface area contributed by atoms with E-state index in [1.807, 2.05) is 0 Å². The van der Waals surface area contributed by atoms with Gasteiger partial charge in [-0.15, -0.1) is 0 Å². The summed E-state index contributed by atoms with van der Waals surface area (Å²) in [5.41, 5.74) is -1.23. The second-order valence-electron chi connectivity index (χ2n) is 6.31. The Morgan fingerprint density at radius 2 is 1.65 bits per heavy atom. The van der Waals surface area contributed by atoms with Crippen molar-refractivity contribution in [1.82, 2.24) is 4.72 Å². The van der Waals surface area contributed by atoms with Crippen LogP contribution in [0.25, 0.3) is 0 Å². The number of amides is 1. The summed E-state index contributed by atoms with van der Waals surface area (Å²) < 4.78 is 81.4. The zero-order valence-electron chi connectivity index (χ0n) is 16.5. The molecule has 0 aromatic heterocycles. The molecule has 1 unspecified atom stereocenters. The molecule has 0 saturated heterocycles. The van der Waals surface area contributed by atoms with Gasteiger partial charge in [-0.05, 0) is 18.2 Å². The molecule has 0 bridgehead atoms. The molecule has 168 valence electrons. The molecule has 2 aromatic rings. The Bertz CT molecular complexity index is 1100. The Morgan fingerprint density at radius 1 is 1.03 bits per heavy atom. The van der Waals surface area contributed by atoms with Gasteiger partial charge in [0.1, 0.15) is 4.90 Å². The zero-order chi connectivity index (χ0) is 23.0. The van der Waals surface area contributed by atoms with Crippen LogP contribution >= 0.6 is 0 Å². The van der Waals surface area contributed by atoms with Gasteiger partial charge in [-0.25, -0.2) is 8.42 Å². The van der Waals surface area contributed by atoms with Crippen LogP contribution in [0.1, 0.15) is 5.56 Å². The van der Waals surface area contributed by atoms with E-state index in [1.54, 1.807) is 0 Å². The lowest BCUT2D eigenvalue weighted by molar-refractivity contribution is -0.137. The van der Waals surface area contributed by atoms with E-state index in [-0.39, 0.29) is 28.6 Å². The van der Waals surface area contributed by atoms with Crippen molar-refractivity contribution in [3.63, 3.8) is 0 Å². The van der Waals surface area contributed by atoms with E-state index in [9.17, 15) is 26.4 Å². The number of anilines is 2. The Balaban J connectivity index is 1.90. The molecular formula is C18H18F3N3O6S. The van der Waals surface area contributed by atoms with Crippen LogP contribution in [0.3, 0.4) is 0 Å². The number of carbonyl (C=O) groups is 1. The molecule has 3 rings (SSSR count). The summed E-state index contributed by atoms with van der Waals surface area (Å²) in [6.07, 6.45) is -6.25. The van der Waals surface area contributed by atoms with Gasteiger partial charge in [-0.2, -0.15) is 17.9 Å². The molecule has 1 aliphatic rings. The third kappa shape index (κ3) is 4.46. The number of carbonyl (C=O) groups excluding carboxylic acids is 1. The van der Waals surface area contributed by atoms with Gasteiger partial charge in [0.2, 0.25) is 15.8 Å². The van der Waals surface area contributed by atoms with Gasteiger partial charge < -0.3 is 24.8 Å². The monoisotopic (exact) mass is 461 g/mol. The van der Waals surface area contributed by atoms with Crippen molar-refractivity contribution in [3.05, 3.63) is 35.9 Å². The summed E-state index contributed by atoms with van der Waals surface area (Å²) in [6, 6.07) is 4.92. The normalized spacial score (nSPS) is 17.2. The smallest absolute Gasteiger partial charge is 0.416 e. The molecule has 3 N–H and O–H groups in total. The predicted molar refractivity (Wildman–Crippen MR) is 104 cm³/mol. The molecule has 0 aliphatic carbocycles. The van der Waals surface area contributed by atoms with Crippen LogP contribution in [0.15, 0.2) is 35.2 Å².